The van der Waals surface area contributed by atoms with Crippen LogP contribution in [0.5, 0.6) is 0 Å². The SMILES string of the molecule is Clc1cc(C2CCCCCC2)nc(-c2ccccc2)n1. The Hall–Kier alpha value is -1.41. The number of nitrogens with zero attached hydrogens (tertiary/aromatic N) is 2. The number of halogens is 1. The topological polar surface area (TPSA) is 25.8 Å². The van der Waals surface area contributed by atoms with Crippen LogP contribution >= 0.6 is 11.6 Å². The summed E-state index contributed by atoms with van der Waals surface area (Å²) in [6, 6.07) is 12.0. The molecular weight excluding hydrogens is 268 g/mol. The molecule has 3 heteroatoms. The average Bonchev–Trinajstić information content (AvgIpc) is 2.77. The van der Waals surface area contributed by atoms with Gasteiger partial charge in [-0.15, -0.1) is 0 Å². The Kier molecular flexibility index (Phi) is 4.31. The third-order valence-corrected chi connectivity index (χ3v) is 4.21. The van der Waals surface area contributed by atoms with Crippen molar-refractivity contribution in [3.8, 4) is 11.4 Å². The minimum Gasteiger partial charge on any atom is -0.233 e. The van der Waals surface area contributed by atoms with Crippen molar-refractivity contribution in [2.24, 2.45) is 0 Å². The first-order chi connectivity index (χ1) is 9.83. The van der Waals surface area contributed by atoms with Crippen molar-refractivity contribution in [2.75, 3.05) is 0 Å². The molecule has 0 aliphatic heterocycles. The van der Waals surface area contributed by atoms with Gasteiger partial charge in [-0.05, 0) is 18.9 Å². The predicted octanol–water partition coefficient (Wildman–Crippen LogP) is 5.23. The Bertz CT molecular complexity index is 560. The smallest absolute Gasteiger partial charge is 0.161 e. The fraction of sp³-hybridized carbons (Fsp3) is 0.412. The first-order valence-corrected chi connectivity index (χ1v) is 7.80. The normalized spacial score (nSPS) is 16.9. The summed E-state index contributed by atoms with van der Waals surface area (Å²) < 4.78 is 0. The van der Waals surface area contributed by atoms with E-state index in [1.165, 1.54) is 38.5 Å². The van der Waals surface area contributed by atoms with Gasteiger partial charge in [0.05, 0.1) is 0 Å². The van der Waals surface area contributed by atoms with E-state index in [1.54, 1.807) is 0 Å². The standard InChI is InChI=1S/C17H19ClN2/c18-16-12-15(13-8-4-1-2-5-9-13)19-17(20-16)14-10-6-3-7-11-14/h3,6-7,10-13H,1-2,4-5,8-9H2. The third kappa shape index (κ3) is 3.18. The fourth-order valence-corrected chi connectivity index (χ4v) is 3.13. The second-order valence-corrected chi connectivity index (χ2v) is 5.88. The highest BCUT2D eigenvalue weighted by Crippen LogP contribution is 2.32. The van der Waals surface area contributed by atoms with Crippen LogP contribution in [-0.2, 0) is 0 Å². The van der Waals surface area contributed by atoms with Gasteiger partial charge in [-0.1, -0.05) is 67.6 Å². The molecule has 0 radical (unpaired) electrons. The van der Waals surface area contributed by atoms with Crippen LogP contribution in [-0.4, -0.2) is 9.97 Å². The van der Waals surface area contributed by atoms with Crippen molar-refractivity contribution < 1.29 is 0 Å². The molecule has 1 aromatic carbocycles. The second kappa shape index (κ2) is 6.36. The number of rotatable bonds is 2. The van der Waals surface area contributed by atoms with Gasteiger partial charge in [0.15, 0.2) is 5.82 Å². The van der Waals surface area contributed by atoms with E-state index in [4.69, 9.17) is 16.6 Å². The zero-order valence-corrected chi connectivity index (χ0v) is 12.3. The lowest BCUT2D eigenvalue weighted by atomic mass is 9.96. The molecule has 1 aliphatic rings. The van der Waals surface area contributed by atoms with E-state index in [2.05, 4.69) is 4.98 Å². The number of hydrogen-bond acceptors (Lipinski definition) is 2. The molecule has 0 atom stereocenters. The highest BCUT2D eigenvalue weighted by atomic mass is 35.5. The summed E-state index contributed by atoms with van der Waals surface area (Å²) in [6.45, 7) is 0. The molecule has 0 amide bonds. The van der Waals surface area contributed by atoms with Crippen molar-refractivity contribution in [3.63, 3.8) is 0 Å². The van der Waals surface area contributed by atoms with E-state index in [-0.39, 0.29) is 0 Å². The van der Waals surface area contributed by atoms with Gasteiger partial charge in [-0.25, -0.2) is 9.97 Å². The highest BCUT2D eigenvalue weighted by Gasteiger charge is 2.17. The molecule has 1 fully saturated rings. The lowest BCUT2D eigenvalue weighted by molar-refractivity contribution is 0.577. The maximum absolute atomic E-state index is 6.21. The molecule has 0 N–H and O–H groups in total. The number of hydrogen-bond donors (Lipinski definition) is 0. The van der Waals surface area contributed by atoms with Gasteiger partial charge in [0.25, 0.3) is 0 Å². The molecular formula is C17H19ClN2. The first-order valence-electron chi connectivity index (χ1n) is 7.43. The Morgan fingerprint density at radius 2 is 1.60 bits per heavy atom. The number of benzene rings is 1. The zero-order valence-electron chi connectivity index (χ0n) is 11.6. The lowest BCUT2D eigenvalue weighted by Gasteiger charge is -2.14. The van der Waals surface area contributed by atoms with Crippen LogP contribution in [0.15, 0.2) is 36.4 Å². The largest absolute Gasteiger partial charge is 0.233 e. The minimum absolute atomic E-state index is 0.542. The second-order valence-electron chi connectivity index (χ2n) is 5.49. The van der Waals surface area contributed by atoms with Crippen molar-refractivity contribution in [1.82, 2.24) is 9.97 Å². The molecule has 0 saturated heterocycles. The molecule has 0 unspecified atom stereocenters. The summed E-state index contributed by atoms with van der Waals surface area (Å²) in [5, 5.41) is 0.554. The summed E-state index contributed by atoms with van der Waals surface area (Å²) in [5.74, 6) is 1.29. The van der Waals surface area contributed by atoms with Crippen LogP contribution in [0.1, 0.15) is 50.1 Å². The summed E-state index contributed by atoms with van der Waals surface area (Å²) in [6.07, 6.45) is 7.74. The Balaban J connectivity index is 1.94. The van der Waals surface area contributed by atoms with E-state index in [9.17, 15) is 0 Å². The summed E-state index contributed by atoms with van der Waals surface area (Å²) in [4.78, 5) is 9.15. The monoisotopic (exact) mass is 286 g/mol. The van der Waals surface area contributed by atoms with Gasteiger partial charge < -0.3 is 0 Å². The van der Waals surface area contributed by atoms with Crippen LogP contribution < -0.4 is 0 Å². The van der Waals surface area contributed by atoms with Gasteiger partial charge in [0.2, 0.25) is 0 Å². The summed E-state index contributed by atoms with van der Waals surface area (Å²) in [5.41, 5.74) is 2.15. The summed E-state index contributed by atoms with van der Waals surface area (Å²) >= 11 is 6.21. The van der Waals surface area contributed by atoms with Crippen molar-refractivity contribution >= 4 is 11.6 Å². The zero-order chi connectivity index (χ0) is 13.8. The van der Waals surface area contributed by atoms with Gasteiger partial charge in [0, 0.05) is 17.2 Å². The van der Waals surface area contributed by atoms with Crippen LogP contribution in [0.4, 0.5) is 0 Å². The van der Waals surface area contributed by atoms with E-state index in [0.29, 0.717) is 11.1 Å². The maximum Gasteiger partial charge on any atom is 0.161 e. The first kappa shape index (κ1) is 13.6. The van der Waals surface area contributed by atoms with Crippen molar-refractivity contribution in [2.45, 2.75) is 44.4 Å². The highest BCUT2D eigenvalue weighted by molar-refractivity contribution is 6.29. The Labute approximate surface area is 125 Å². The Morgan fingerprint density at radius 1 is 0.900 bits per heavy atom. The average molecular weight is 287 g/mol. The summed E-state index contributed by atoms with van der Waals surface area (Å²) in [7, 11) is 0. The van der Waals surface area contributed by atoms with Crippen LogP contribution in [0.25, 0.3) is 11.4 Å². The Morgan fingerprint density at radius 3 is 2.30 bits per heavy atom. The van der Waals surface area contributed by atoms with Crippen molar-refractivity contribution in [3.05, 3.63) is 47.2 Å². The fourth-order valence-electron chi connectivity index (χ4n) is 2.94. The molecule has 1 heterocycles. The molecule has 0 spiro atoms. The maximum atomic E-state index is 6.21. The number of aromatic nitrogens is 2. The molecule has 1 aliphatic carbocycles. The third-order valence-electron chi connectivity index (χ3n) is 4.02. The van der Waals surface area contributed by atoms with Gasteiger partial charge in [-0.3, -0.25) is 0 Å². The van der Waals surface area contributed by atoms with Crippen LogP contribution in [0.3, 0.4) is 0 Å². The van der Waals surface area contributed by atoms with Gasteiger partial charge >= 0.3 is 0 Å². The molecule has 3 rings (SSSR count). The van der Waals surface area contributed by atoms with E-state index < -0.39 is 0 Å². The van der Waals surface area contributed by atoms with Crippen LogP contribution in [0.2, 0.25) is 5.15 Å². The minimum atomic E-state index is 0.542. The van der Waals surface area contributed by atoms with Gasteiger partial charge in [0.1, 0.15) is 5.15 Å². The van der Waals surface area contributed by atoms with E-state index in [0.717, 1.165) is 17.1 Å². The van der Waals surface area contributed by atoms with E-state index >= 15 is 0 Å². The molecule has 2 aromatic rings. The molecule has 0 bridgehead atoms. The molecule has 1 saturated carbocycles. The van der Waals surface area contributed by atoms with Crippen molar-refractivity contribution in [1.29, 1.82) is 0 Å². The quantitative estimate of drug-likeness (QED) is 0.558. The predicted molar refractivity (Wildman–Crippen MR) is 82.9 cm³/mol. The molecule has 104 valence electrons. The lowest BCUT2D eigenvalue weighted by Crippen LogP contribution is -2.03. The molecule has 1 aromatic heterocycles. The molecule has 2 nitrogen and oxygen atoms in total. The van der Waals surface area contributed by atoms with Crippen LogP contribution in [0, 0.1) is 0 Å². The molecule has 20 heavy (non-hydrogen) atoms. The van der Waals surface area contributed by atoms with E-state index in [1.807, 2.05) is 36.4 Å². The van der Waals surface area contributed by atoms with Gasteiger partial charge in [-0.2, -0.15) is 0 Å².